The third-order valence-corrected chi connectivity index (χ3v) is 4.07. The summed E-state index contributed by atoms with van der Waals surface area (Å²) in [5, 5.41) is 0. The van der Waals surface area contributed by atoms with E-state index in [1.807, 2.05) is 24.3 Å². The lowest BCUT2D eigenvalue weighted by Gasteiger charge is -2.18. The molecular formula is C21H12O2. The van der Waals surface area contributed by atoms with E-state index >= 15 is 0 Å². The fraction of sp³-hybridized carbons (Fsp3) is 0.0476. The summed E-state index contributed by atoms with van der Waals surface area (Å²) in [7, 11) is 0. The van der Waals surface area contributed by atoms with E-state index in [0.29, 0.717) is 27.8 Å². The first-order chi connectivity index (χ1) is 11.3. The molecule has 2 aliphatic rings. The van der Waals surface area contributed by atoms with Gasteiger partial charge in [-0.2, -0.15) is 0 Å². The Kier molecular flexibility index (Phi) is 3.06. The van der Waals surface area contributed by atoms with Gasteiger partial charge in [0.25, 0.3) is 0 Å². The van der Waals surface area contributed by atoms with Crippen LogP contribution >= 0.6 is 0 Å². The second-order valence-corrected chi connectivity index (χ2v) is 5.50. The normalized spacial score (nSPS) is 15.1. The van der Waals surface area contributed by atoms with Crippen molar-refractivity contribution >= 4 is 11.6 Å². The average Bonchev–Trinajstić information content (AvgIpc) is 3.11. The molecule has 2 aromatic rings. The molecule has 0 aromatic heterocycles. The largest absolute Gasteiger partial charge is 0.289 e. The Morgan fingerprint density at radius 2 is 1.39 bits per heavy atom. The van der Waals surface area contributed by atoms with E-state index < -0.39 is 0 Å². The van der Waals surface area contributed by atoms with Gasteiger partial charge >= 0.3 is 0 Å². The molecular weight excluding hydrogens is 284 g/mol. The third kappa shape index (κ3) is 2.15. The van der Waals surface area contributed by atoms with Crippen molar-refractivity contribution in [2.24, 2.45) is 5.92 Å². The molecule has 23 heavy (non-hydrogen) atoms. The van der Waals surface area contributed by atoms with Crippen LogP contribution in [0.15, 0.2) is 66.8 Å². The minimum absolute atomic E-state index is 0.0625. The van der Waals surface area contributed by atoms with Crippen LogP contribution in [0.3, 0.4) is 0 Å². The molecule has 0 spiro atoms. The van der Waals surface area contributed by atoms with Gasteiger partial charge in [-0.25, -0.2) is 0 Å². The van der Waals surface area contributed by atoms with Gasteiger partial charge in [-0.3, -0.25) is 9.59 Å². The number of carbonyl (C=O) groups is 2. The van der Waals surface area contributed by atoms with Gasteiger partial charge in [-0.05, 0) is 6.07 Å². The SMILES string of the molecule is O=C1c2ccccc2C(=O)c2c(C#CC3C=CC=C3)cccc21. The predicted octanol–water partition coefficient (Wildman–Crippen LogP) is 3.56. The minimum Gasteiger partial charge on any atom is -0.289 e. The molecule has 0 heterocycles. The van der Waals surface area contributed by atoms with Crippen LogP contribution in [0.25, 0.3) is 0 Å². The molecule has 0 saturated carbocycles. The quantitative estimate of drug-likeness (QED) is 0.594. The van der Waals surface area contributed by atoms with E-state index in [9.17, 15) is 9.59 Å². The first-order valence-electron chi connectivity index (χ1n) is 7.43. The Balaban J connectivity index is 1.87. The standard InChI is InChI=1S/C21H12O2/c22-20-16-9-3-4-10-17(16)21(23)19-15(8-5-11-18(19)20)13-12-14-6-1-2-7-14/h1-11,14H. The summed E-state index contributed by atoms with van der Waals surface area (Å²) in [5.74, 6) is 6.01. The van der Waals surface area contributed by atoms with Gasteiger partial charge in [-0.15, -0.1) is 0 Å². The summed E-state index contributed by atoms with van der Waals surface area (Å²) in [6.07, 6.45) is 7.88. The highest BCUT2D eigenvalue weighted by Crippen LogP contribution is 2.29. The third-order valence-electron chi connectivity index (χ3n) is 4.07. The smallest absolute Gasteiger partial charge is 0.195 e. The fourth-order valence-corrected chi connectivity index (χ4v) is 2.94. The van der Waals surface area contributed by atoms with Gasteiger partial charge in [-0.1, -0.05) is 72.5 Å². The molecule has 0 bridgehead atoms. The summed E-state index contributed by atoms with van der Waals surface area (Å²) in [6, 6.07) is 12.2. The van der Waals surface area contributed by atoms with Crippen LogP contribution in [0.5, 0.6) is 0 Å². The van der Waals surface area contributed by atoms with E-state index in [0.717, 1.165) is 0 Å². The lowest BCUT2D eigenvalue weighted by Crippen LogP contribution is -2.21. The molecule has 2 aliphatic carbocycles. The number of allylic oxidation sites excluding steroid dienone is 4. The molecule has 0 amide bonds. The maximum Gasteiger partial charge on any atom is 0.195 e. The van der Waals surface area contributed by atoms with Crippen molar-refractivity contribution < 1.29 is 9.59 Å². The van der Waals surface area contributed by atoms with Gasteiger partial charge < -0.3 is 0 Å². The lowest BCUT2D eigenvalue weighted by atomic mass is 9.82. The second-order valence-electron chi connectivity index (χ2n) is 5.50. The summed E-state index contributed by atoms with van der Waals surface area (Å²) in [4.78, 5) is 25.5. The van der Waals surface area contributed by atoms with Crippen LogP contribution in [0.4, 0.5) is 0 Å². The minimum atomic E-state index is -0.127. The summed E-state index contributed by atoms with van der Waals surface area (Å²) in [6.45, 7) is 0. The number of hydrogen-bond acceptors (Lipinski definition) is 2. The van der Waals surface area contributed by atoms with E-state index in [-0.39, 0.29) is 17.5 Å². The van der Waals surface area contributed by atoms with Crippen LogP contribution in [0.1, 0.15) is 37.4 Å². The number of rotatable bonds is 0. The van der Waals surface area contributed by atoms with Crippen LogP contribution in [-0.4, -0.2) is 11.6 Å². The van der Waals surface area contributed by atoms with Crippen molar-refractivity contribution in [1.82, 2.24) is 0 Å². The summed E-state index contributed by atoms with van der Waals surface area (Å²) >= 11 is 0. The highest BCUT2D eigenvalue weighted by atomic mass is 16.1. The highest BCUT2D eigenvalue weighted by molar-refractivity contribution is 6.29. The Morgan fingerprint density at radius 1 is 0.739 bits per heavy atom. The molecule has 2 heteroatoms. The van der Waals surface area contributed by atoms with Crippen molar-refractivity contribution in [3.05, 3.63) is 94.6 Å². The zero-order valence-corrected chi connectivity index (χ0v) is 12.2. The number of ketones is 2. The first kappa shape index (κ1) is 13.5. The zero-order valence-electron chi connectivity index (χ0n) is 12.2. The summed E-state index contributed by atoms with van der Waals surface area (Å²) in [5.41, 5.74) is 2.41. The Bertz CT molecular complexity index is 953. The second kappa shape index (κ2) is 5.23. The number of benzene rings is 2. The molecule has 108 valence electrons. The van der Waals surface area contributed by atoms with Gasteiger partial charge in [0, 0.05) is 27.8 Å². The van der Waals surface area contributed by atoms with Crippen molar-refractivity contribution in [3.63, 3.8) is 0 Å². The number of hydrogen-bond donors (Lipinski definition) is 0. The molecule has 0 atom stereocenters. The van der Waals surface area contributed by atoms with Gasteiger partial charge in [0.15, 0.2) is 11.6 Å². The van der Waals surface area contributed by atoms with Crippen LogP contribution in [0.2, 0.25) is 0 Å². The zero-order chi connectivity index (χ0) is 15.8. The van der Waals surface area contributed by atoms with Crippen molar-refractivity contribution in [1.29, 1.82) is 0 Å². The number of carbonyl (C=O) groups excluding carboxylic acids is 2. The first-order valence-corrected chi connectivity index (χ1v) is 7.43. The van der Waals surface area contributed by atoms with Crippen molar-refractivity contribution in [2.45, 2.75) is 0 Å². The van der Waals surface area contributed by atoms with Crippen LogP contribution < -0.4 is 0 Å². The van der Waals surface area contributed by atoms with Gasteiger partial charge in [0.2, 0.25) is 0 Å². The Labute approximate surface area is 134 Å². The van der Waals surface area contributed by atoms with Gasteiger partial charge in [0.1, 0.15) is 0 Å². The van der Waals surface area contributed by atoms with Crippen molar-refractivity contribution in [3.8, 4) is 11.8 Å². The molecule has 0 unspecified atom stereocenters. The average molecular weight is 296 g/mol. The Hall–Kier alpha value is -3.18. The van der Waals surface area contributed by atoms with E-state index in [1.165, 1.54) is 0 Å². The van der Waals surface area contributed by atoms with Crippen molar-refractivity contribution in [2.75, 3.05) is 0 Å². The molecule has 0 radical (unpaired) electrons. The fourth-order valence-electron chi connectivity index (χ4n) is 2.94. The van der Waals surface area contributed by atoms with E-state index in [2.05, 4.69) is 11.8 Å². The number of fused-ring (bicyclic) bond motifs is 2. The van der Waals surface area contributed by atoms with Crippen LogP contribution in [0, 0.1) is 17.8 Å². The van der Waals surface area contributed by atoms with Gasteiger partial charge in [0.05, 0.1) is 5.92 Å². The molecule has 0 saturated heterocycles. The lowest BCUT2D eigenvalue weighted by molar-refractivity contribution is 0.0979. The predicted molar refractivity (Wildman–Crippen MR) is 88.4 cm³/mol. The molecule has 0 aliphatic heterocycles. The summed E-state index contributed by atoms with van der Waals surface area (Å²) < 4.78 is 0. The highest BCUT2D eigenvalue weighted by Gasteiger charge is 2.30. The Morgan fingerprint density at radius 3 is 2.13 bits per heavy atom. The van der Waals surface area contributed by atoms with E-state index in [4.69, 9.17) is 0 Å². The van der Waals surface area contributed by atoms with E-state index in [1.54, 1.807) is 42.5 Å². The maximum absolute atomic E-state index is 12.8. The monoisotopic (exact) mass is 296 g/mol. The molecule has 0 fully saturated rings. The molecule has 4 rings (SSSR count). The van der Waals surface area contributed by atoms with Crippen LogP contribution in [-0.2, 0) is 0 Å². The topological polar surface area (TPSA) is 34.1 Å². The maximum atomic E-state index is 12.8. The molecule has 2 nitrogen and oxygen atoms in total. The molecule has 0 N–H and O–H groups in total. The molecule has 2 aromatic carbocycles.